The Morgan fingerprint density at radius 3 is 2.79 bits per heavy atom. The zero-order valence-corrected chi connectivity index (χ0v) is 8.53. The molecule has 0 fully saturated rings. The van der Waals surface area contributed by atoms with Gasteiger partial charge in [-0.05, 0) is 12.1 Å². The van der Waals surface area contributed by atoms with E-state index in [1.54, 1.807) is 17.8 Å². The van der Waals surface area contributed by atoms with Gasteiger partial charge in [0.05, 0.1) is 0 Å². The van der Waals surface area contributed by atoms with E-state index in [-0.39, 0.29) is 6.17 Å². The Labute approximate surface area is 87.6 Å². The lowest BCUT2D eigenvalue weighted by molar-refractivity contribution is 0.447. The van der Waals surface area contributed by atoms with Gasteiger partial charge in [-0.1, -0.05) is 12.2 Å². The number of hydrogen-bond acceptors (Lipinski definition) is 5. The fraction of sp³-hybridized carbons (Fsp3) is 0.222. The van der Waals surface area contributed by atoms with Gasteiger partial charge in [-0.25, -0.2) is 0 Å². The van der Waals surface area contributed by atoms with Gasteiger partial charge in [-0.2, -0.15) is 5.10 Å². The van der Waals surface area contributed by atoms with Crippen molar-refractivity contribution in [3.05, 3.63) is 30.1 Å². The van der Waals surface area contributed by atoms with Crippen LogP contribution in [0, 0.1) is 0 Å². The molecule has 1 aromatic heterocycles. The number of amidine groups is 1. The third-order valence-corrected chi connectivity index (χ3v) is 2.38. The van der Waals surface area contributed by atoms with E-state index in [0.29, 0.717) is 0 Å². The first-order valence-corrected chi connectivity index (χ1v) is 4.72. The van der Waals surface area contributed by atoms with Crippen LogP contribution in [0.3, 0.4) is 0 Å². The summed E-state index contributed by atoms with van der Waals surface area (Å²) in [6, 6.07) is 3.84. The van der Waals surface area contributed by atoms with Gasteiger partial charge < -0.3 is 4.90 Å². The van der Waals surface area contributed by atoms with Crippen LogP contribution in [0.4, 0.5) is 0 Å². The van der Waals surface area contributed by atoms with Gasteiger partial charge in [0.2, 0.25) is 0 Å². The Balaban J connectivity index is 2.26. The van der Waals surface area contributed by atoms with Crippen molar-refractivity contribution in [3.63, 3.8) is 0 Å². The number of aromatic nitrogens is 1. The largest absolute Gasteiger partial charge is 0.332 e. The molecule has 1 atom stereocenters. The summed E-state index contributed by atoms with van der Waals surface area (Å²) in [5, 5.41) is 5.86. The molecule has 0 aromatic carbocycles. The maximum absolute atomic E-state index is 4.88. The van der Waals surface area contributed by atoms with E-state index in [2.05, 4.69) is 15.5 Å². The van der Waals surface area contributed by atoms with E-state index in [1.165, 1.54) is 0 Å². The molecular formula is C9H10N4S. The molecule has 1 aliphatic rings. The van der Waals surface area contributed by atoms with Gasteiger partial charge in [0.1, 0.15) is 6.17 Å². The summed E-state index contributed by atoms with van der Waals surface area (Å²) in [7, 11) is 1.95. The van der Waals surface area contributed by atoms with E-state index in [9.17, 15) is 0 Å². The fourth-order valence-corrected chi connectivity index (χ4v) is 1.56. The Morgan fingerprint density at radius 2 is 2.21 bits per heavy atom. The molecule has 4 nitrogen and oxygen atoms in total. The zero-order valence-electron chi connectivity index (χ0n) is 7.71. The number of pyridine rings is 1. The van der Waals surface area contributed by atoms with Crippen LogP contribution >= 0.6 is 12.2 Å². The summed E-state index contributed by atoms with van der Waals surface area (Å²) in [5.41, 5.74) is 3.97. The molecule has 0 saturated carbocycles. The Hall–Kier alpha value is -1.49. The average Bonchev–Trinajstić information content (AvgIpc) is 2.61. The molecule has 2 heterocycles. The third-order valence-electron chi connectivity index (χ3n) is 2.12. The van der Waals surface area contributed by atoms with Gasteiger partial charge in [-0.3, -0.25) is 10.4 Å². The van der Waals surface area contributed by atoms with Crippen LogP contribution in [0.5, 0.6) is 0 Å². The predicted molar refractivity (Wildman–Crippen MR) is 59.1 cm³/mol. The third kappa shape index (κ3) is 1.46. The first-order chi connectivity index (χ1) is 6.83. The molecular weight excluding hydrogens is 196 g/mol. The first kappa shape index (κ1) is 9.08. The van der Waals surface area contributed by atoms with Crippen molar-refractivity contribution in [2.45, 2.75) is 6.17 Å². The van der Waals surface area contributed by atoms with Gasteiger partial charge in [0.15, 0.2) is 5.84 Å². The highest BCUT2D eigenvalue weighted by molar-refractivity contribution is 7.79. The highest BCUT2D eigenvalue weighted by atomic mass is 32.1. The van der Waals surface area contributed by atoms with Crippen molar-refractivity contribution in [3.8, 4) is 0 Å². The quantitative estimate of drug-likeness (QED) is 0.720. The molecule has 1 unspecified atom stereocenters. The van der Waals surface area contributed by atoms with Gasteiger partial charge >= 0.3 is 0 Å². The predicted octanol–water partition coefficient (Wildman–Crippen LogP) is 0.604. The van der Waals surface area contributed by atoms with E-state index < -0.39 is 0 Å². The maximum atomic E-state index is 4.88. The number of nitrogens with zero attached hydrogens (tertiary/aromatic N) is 3. The lowest BCUT2D eigenvalue weighted by Crippen LogP contribution is -2.37. The summed E-state index contributed by atoms with van der Waals surface area (Å²) in [5.74, 6) is 0.888. The topological polar surface area (TPSA) is 40.5 Å². The molecule has 0 bridgehead atoms. The zero-order chi connectivity index (χ0) is 9.97. The van der Waals surface area contributed by atoms with Crippen LogP contribution in [0.1, 0.15) is 5.56 Å². The van der Waals surface area contributed by atoms with Crippen molar-refractivity contribution in [2.24, 2.45) is 5.10 Å². The number of thiocarbonyl (C=S) groups is 1. The SMILES string of the molecule is CN1C(c2ccncc2)=NNC1C=S. The number of rotatable bonds is 2. The van der Waals surface area contributed by atoms with Crippen LogP contribution in [0.15, 0.2) is 29.6 Å². The van der Waals surface area contributed by atoms with Gasteiger partial charge in [0.25, 0.3) is 0 Å². The van der Waals surface area contributed by atoms with Crippen LogP contribution < -0.4 is 5.43 Å². The van der Waals surface area contributed by atoms with E-state index in [1.807, 2.05) is 24.1 Å². The van der Waals surface area contributed by atoms with Crippen molar-refractivity contribution in [2.75, 3.05) is 7.05 Å². The molecule has 0 aliphatic carbocycles. The molecule has 1 aromatic rings. The molecule has 1 N–H and O–H groups in total. The summed E-state index contributed by atoms with van der Waals surface area (Å²) >= 11 is 4.88. The normalized spacial score (nSPS) is 20.2. The molecule has 0 radical (unpaired) electrons. The van der Waals surface area contributed by atoms with Crippen molar-refractivity contribution >= 4 is 23.4 Å². The van der Waals surface area contributed by atoms with E-state index in [0.717, 1.165) is 11.4 Å². The number of hydrazone groups is 1. The molecule has 0 spiro atoms. The molecule has 2 rings (SSSR count). The standard InChI is InChI=1S/C9H10N4S/c1-13-8(6-14)11-12-9(13)7-2-4-10-5-3-7/h2-6,8,11H,1H3. The second-order valence-electron chi connectivity index (χ2n) is 2.99. The van der Waals surface area contributed by atoms with Crippen molar-refractivity contribution < 1.29 is 0 Å². The molecule has 5 heteroatoms. The van der Waals surface area contributed by atoms with Gasteiger partial charge in [0, 0.05) is 30.4 Å². The minimum absolute atomic E-state index is 0.00756. The van der Waals surface area contributed by atoms with Crippen LogP contribution in [-0.4, -0.2) is 34.3 Å². The molecule has 0 amide bonds. The fourth-order valence-electron chi connectivity index (χ4n) is 1.32. The Bertz CT molecular complexity index is 362. The molecule has 0 saturated heterocycles. The van der Waals surface area contributed by atoms with Gasteiger partial charge in [-0.15, -0.1) is 0 Å². The second-order valence-corrected chi connectivity index (χ2v) is 3.26. The number of hydrogen-bond donors (Lipinski definition) is 1. The minimum atomic E-state index is 0.00756. The van der Waals surface area contributed by atoms with Crippen LogP contribution in [0.2, 0.25) is 0 Å². The summed E-state index contributed by atoms with van der Waals surface area (Å²) in [4.78, 5) is 5.95. The van der Waals surface area contributed by atoms with E-state index in [4.69, 9.17) is 12.2 Å². The molecule has 72 valence electrons. The summed E-state index contributed by atoms with van der Waals surface area (Å²) < 4.78 is 0. The van der Waals surface area contributed by atoms with Crippen molar-refractivity contribution in [1.82, 2.24) is 15.3 Å². The molecule has 14 heavy (non-hydrogen) atoms. The van der Waals surface area contributed by atoms with Crippen molar-refractivity contribution in [1.29, 1.82) is 0 Å². The Kier molecular flexibility index (Phi) is 2.41. The molecule has 1 aliphatic heterocycles. The second kappa shape index (κ2) is 3.71. The van der Waals surface area contributed by atoms with E-state index >= 15 is 0 Å². The summed E-state index contributed by atoms with van der Waals surface area (Å²) in [6.07, 6.45) is 3.50. The first-order valence-electron chi connectivity index (χ1n) is 4.24. The minimum Gasteiger partial charge on any atom is -0.332 e. The van der Waals surface area contributed by atoms with Crippen LogP contribution in [0.25, 0.3) is 0 Å². The highest BCUT2D eigenvalue weighted by Crippen LogP contribution is 2.09. The maximum Gasteiger partial charge on any atom is 0.157 e. The highest BCUT2D eigenvalue weighted by Gasteiger charge is 2.22. The monoisotopic (exact) mass is 206 g/mol. The average molecular weight is 206 g/mol. The van der Waals surface area contributed by atoms with Crippen LogP contribution in [-0.2, 0) is 0 Å². The summed E-state index contributed by atoms with van der Waals surface area (Å²) in [6.45, 7) is 0. The lowest BCUT2D eigenvalue weighted by atomic mass is 10.2. The smallest absolute Gasteiger partial charge is 0.157 e. The number of nitrogens with one attached hydrogen (secondary N) is 1. The Morgan fingerprint density at radius 1 is 1.50 bits per heavy atom. The lowest BCUT2D eigenvalue weighted by Gasteiger charge is -2.18.